The van der Waals surface area contributed by atoms with Crippen LogP contribution in [0.3, 0.4) is 0 Å². The molecule has 2 aromatic heterocycles. The van der Waals surface area contributed by atoms with Crippen molar-refractivity contribution < 1.29 is 14.3 Å². The van der Waals surface area contributed by atoms with Gasteiger partial charge in [-0.05, 0) is 19.9 Å². The lowest BCUT2D eigenvalue weighted by molar-refractivity contribution is -0.136. The highest BCUT2D eigenvalue weighted by Gasteiger charge is 2.12. The number of aliphatic carboxylic acids is 1. The van der Waals surface area contributed by atoms with E-state index < -0.39 is 5.97 Å². The fraction of sp³-hybridized carbons (Fsp3) is 0.455. The van der Waals surface area contributed by atoms with Crippen molar-refractivity contribution in [1.29, 1.82) is 0 Å². The van der Waals surface area contributed by atoms with Crippen LogP contribution in [-0.2, 0) is 4.79 Å². The fourth-order valence-corrected chi connectivity index (χ4v) is 2.02. The number of carboxylic acid groups (broad SMARTS) is 1. The largest absolute Gasteiger partial charge is 0.481 e. The van der Waals surface area contributed by atoms with Crippen LogP contribution in [0.1, 0.15) is 26.3 Å². The summed E-state index contributed by atoms with van der Waals surface area (Å²) in [5, 5.41) is 21.0. The molecule has 0 aromatic carbocycles. The Balaban J connectivity index is 2.01. The smallest absolute Gasteiger partial charge is 0.304 e. The molecule has 7 nitrogen and oxygen atoms in total. The van der Waals surface area contributed by atoms with Crippen molar-refractivity contribution in [2.24, 2.45) is 0 Å². The number of hydrogen-bond acceptors (Lipinski definition) is 6. The van der Waals surface area contributed by atoms with E-state index in [0.717, 1.165) is 0 Å². The summed E-state index contributed by atoms with van der Waals surface area (Å²) >= 11 is 1.22. The Morgan fingerprint density at radius 2 is 2.32 bits per heavy atom. The van der Waals surface area contributed by atoms with Crippen LogP contribution in [-0.4, -0.2) is 36.8 Å². The molecule has 2 rings (SSSR count). The standard InChI is InChI=1S/C11H14N4O3S/c1-7(2)15-5-3-8(14-15)10-12-13-11(18-10)19-6-4-9(16)17/h3,5,7H,4,6H2,1-2H3,(H,16,17). The van der Waals surface area contributed by atoms with E-state index in [1.165, 1.54) is 11.8 Å². The Morgan fingerprint density at radius 3 is 2.95 bits per heavy atom. The molecule has 1 N–H and O–H groups in total. The van der Waals surface area contributed by atoms with E-state index in [2.05, 4.69) is 15.3 Å². The second-order valence-corrected chi connectivity index (χ2v) is 5.19. The van der Waals surface area contributed by atoms with Crippen LogP contribution in [0.25, 0.3) is 11.6 Å². The van der Waals surface area contributed by atoms with E-state index in [4.69, 9.17) is 9.52 Å². The average Bonchev–Trinajstić information content (AvgIpc) is 2.95. The van der Waals surface area contributed by atoms with Gasteiger partial charge in [0.15, 0.2) is 0 Å². The van der Waals surface area contributed by atoms with Crippen molar-refractivity contribution in [3.63, 3.8) is 0 Å². The molecule has 0 atom stereocenters. The minimum Gasteiger partial charge on any atom is -0.481 e. The molecule has 0 aliphatic carbocycles. The van der Waals surface area contributed by atoms with Crippen LogP contribution >= 0.6 is 11.8 Å². The van der Waals surface area contributed by atoms with Crippen molar-refractivity contribution >= 4 is 17.7 Å². The monoisotopic (exact) mass is 282 g/mol. The number of carboxylic acids is 1. The quantitative estimate of drug-likeness (QED) is 0.810. The molecular formula is C11H14N4O3S. The van der Waals surface area contributed by atoms with Gasteiger partial charge in [-0.25, -0.2) is 0 Å². The molecule has 0 aliphatic rings. The van der Waals surface area contributed by atoms with Gasteiger partial charge in [0.05, 0.1) is 6.42 Å². The van der Waals surface area contributed by atoms with Gasteiger partial charge in [0.1, 0.15) is 5.69 Å². The Hall–Kier alpha value is -1.83. The van der Waals surface area contributed by atoms with Crippen molar-refractivity contribution in [2.75, 3.05) is 5.75 Å². The summed E-state index contributed by atoms with van der Waals surface area (Å²) in [6.07, 6.45) is 1.91. The highest BCUT2D eigenvalue weighted by molar-refractivity contribution is 7.99. The second kappa shape index (κ2) is 5.87. The van der Waals surface area contributed by atoms with Gasteiger partial charge in [0.2, 0.25) is 0 Å². The molecule has 0 radical (unpaired) electrons. The third-order valence-electron chi connectivity index (χ3n) is 2.30. The average molecular weight is 282 g/mol. The molecular weight excluding hydrogens is 268 g/mol. The maximum absolute atomic E-state index is 10.4. The number of thioether (sulfide) groups is 1. The summed E-state index contributed by atoms with van der Waals surface area (Å²) in [5.74, 6) is -0.0997. The third kappa shape index (κ3) is 3.57. The van der Waals surface area contributed by atoms with Crippen LogP contribution in [0.4, 0.5) is 0 Å². The van der Waals surface area contributed by atoms with Gasteiger partial charge < -0.3 is 9.52 Å². The molecule has 0 spiro atoms. The van der Waals surface area contributed by atoms with E-state index >= 15 is 0 Å². The summed E-state index contributed by atoms with van der Waals surface area (Å²) in [4.78, 5) is 10.4. The zero-order valence-corrected chi connectivity index (χ0v) is 11.4. The Kier molecular flexibility index (Phi) is 4.20. The molecule has 0 saturated carbocycles. The summed E-state index contributed by atoms with van der Waals surface area (Å²) < 4.78 is 7.22. The molecule has 0 saturated heterocycles. The van der Waals surface area contributed by atoms with Crippen LogP contribution < -0.4 is 0 Å². The molecule has 2 heterocycles. The Bertz CT molecular complexity index is 564. The molecule has 19 heavy (non-hydrogen) atoms. The Morgan fingerprint density at radius 1 is 1.53 bits per heavy atom. The number of aromatic nitrogens is 4. The summed E-state index contributed by atoms with van der Waals surface area (Å²) in [6, 6.07) is 2.07. The van der Waals surface area contributed by atoms with Crippen molar-refractivity contribution in [2.45, 2.75) is 31.5 Å². The minimum atomic E-state index is -0.845. The second-order valence-electron chi connectivity index (χ2n) is 4.14. The van der Waals surface area contributed by atoms with Gasteiger partial charge in [-0.3, -0.25) is 9.48 Å². The van der Waals surface area contributed by atoms with Crippen LogP contribution in [0.15, 0.2) is 21.9 Å². The lowest BCUT2D eigenvalue weighted by Crippen LogP contribution is -2.00. The number of carbonyl (C=O) groups is 1. The van der Waals surface area contributed by atoms with Crippen LogP contribution in [0.2, 0.25) is 0 Å². The zero-order valence-electron chi connectivity index (χ0n) is 10.6. The first kappa shape index (κ1) is 13.6. The predicted octanol–water partition coefficient (Wildman–Crippen LogP) is 2.08. The molecule has 0 amide bonds. The molecule has 8 heteroatoms. The zero-order chi connectivity index (χ0) is 13.8. The molecule has 0 fully saturated rings. The van der Waals surface area contributed by atoms with Crippen molar-refractivity contribution in [1.82, 2.24) is 20.0 Å². The highest BCUT2D eigenvalue weighted by atomic mass is 32.2. The minimum absolute atomic E-state index is 0.0599. The topological polar surface area (TPSA) is 94.0 Å². The van der Waals surface area contributed by atoms with E-state index in [1.54, 1.807) is 10.7 Å². The lowest BCUT2D eigenvalue weighted by Gasteiger charge is -2.02. The van der Waals surface area contributed by atoms with E-state index in [0.29, 0.717) is 22.6 Å². The summed E-state index contributed by atoms with van der Waals surface area (Å²) in [6.45, 7) is 4.05. The summed E-state index contributed by atoms with van der Waals surface area (Å²) in [5.41, 5.74) is 0.617. The van der Waals surface area contributed by atoms with Gasteiger partial charge in [-0.2, -0.15) is 5.10 Å². The number of rotatable bonds is 6. The maximum Gasteiger partial charge on any atom is 0.304 e. The summed E-state index contributed by atoms with van der Waals surface area (Å²) in [7, 11) is 0. The third-order valence-corrected chi connectivity index (χ3v) is 3.12. The van der Waals surface area contributed by atoms with Gasteiger partial charge >= 0.3 is 5.97 Å². The SMILES string of the molecule is CC(C)n1ccc(-c2nnc(SCCC(=O)O)o2)n1. The lowest BCUT2D eigenvalue weighted by atomic mass is 10.4. The van der Waals surface area contributed by atoms with Crippen LogP contribution in [0, 0.1) is 0 Å². The van der Waals surface area contributed by atoms with Crippen LogP contribution in [0.5, 0.6) is 0 Å². The first-order valence-electron chi connectivity index (χ1n) is 5.80. The van der Waals surface area contributed by atoms with E-state index in [9.17, 15) is 4.79 Å². The fourth-order valence-electron chi connectivity index (χ4n) is 1.34. The highest BCUT2D eigenvalue weighted by Crippen LogP contribution is 2.22. The van der Waals surface area contributed by atoms with Crippen molar-refractivity contribution in [3.8, 4) is 11.6 Å². The van der Waals surface area contributed by atoms with E-state index in [-0.39, 0.29) is 12.5 Å². The molecule has 2 aromatic rings. The molecule has 0 aliphatic heterocycles. The van der Waals surface area contributed by atoms with Gasteiger partial charge in [0.25, 0.3) is 11.1 Å². The normalized spacial score (nSPS) is 11.1. The first-order chi connectivity index (χ1) is 9.06. The van der Waals surface area contributed by atoms with Gasteiger partial charge in [-0.1, -0.05) is 11.8 Å². The van der Waals surface area contributed by atoms with E-state index in [1.807, 2.05) is 20.0 Å². The molecule has 0 bridgehead atoms. The van der Waals surface area contributed by atoms with Gasteiger partial charge in [-0.15, -0.1) is 10.2 Å². The first-order valence-corrected chi connectivity index (χ1v) is 6.78. The van der Waals surface area contributed by atoms with Crippen molar-refractivity contribution in [3.05, 3.63) is 12.3 Å². The number of nitrogens with zero attached hydrogens (tertiary/aromatic N) is 4. The maximum atomic E-state index is 10.4. The predicted molar refractivity (Wildman–Crippen MR) is 68.9 cm³/mol. The Labute approximate surface area is 114 Å². The van der Waals surface area contributed by atoms with Gasteiger partial charge in [0, 0.05) is 18.0 Å². The molecule has 102 valence electrons. The number of hydrogen-bond donors (Lipinski definition) is 1. The molecule has 0 unspecified atom stereocenters.